The van der Waals surface area contributed by atoms with Crippen molar-refractivity contribution in [3.63, 3.8) is 0 Å². The number of hydrogen-bond acceptors (Lipinski definition) is 2. The van der Waals surface area contributed by atoms with Gasteiger partial charge in [-0.25, -0.2) is 0 Å². The predicted molar refractivity (Wildman–Crippen MR) is 133 cm³/mol. The van der Waals surface area contributed by atoms with Gasteiger partial charge in [0.25, 0.3) is 0 Å². The van der Waals surface area contributed by atoms with Crippen LogP contribution in [0.15, 0.2) is 97.1 Å². The minimum atomic E-state index is 0.851. The van der Waals surface area contributed by atoms with Crippen LogP contribution in [-0.2, 0) is 0 Å². The van der Waals surface area contributed by atoms with E-state index in [1.807, 2.05) is 12.1 Å². The monoisotopic (exact) mass is 405 g/mol. The molecule has 0 radical (unpaired) electrons. The Bertz CT molecular complexity index is 1140. The van der Waals surface area contributed by atoms with Crippen LogP contribution in [0.2, 0.25) is 0 Å². The Labute approximate surface area is 185 Å². The van der Waals surface area contributed by atoms with Crippen molar-refractivity contribution in [2.75, 3.05) is 12.0 Å². The summed E-state index contributed by atoms with van der Waals surface area (Å²) in [7, 11) is 1.69. The van der Waals surface area contributed by atoms with Crippen LogP contribution >= 0.6 is 0 Å². The summed E-state index contributed by atoms with van der Waals surface area (Å²) in [5.74, 6) is 0.851. The van der Waals surface area contributed by atoms with Crippen molar-refractivity contribution < 1.29 is 4.74 Å². The Morgan fingerprint density at radius 2 is 0.871 bits per heavy atom. The molecule has 0 amide bonds. The number of methoxy groups -OCH3 is 1. The van der Waals surface area contributed by atoms with Crippen LogP contribution in [-0.4, -0.2) is 7.11 Å². The van der Waals surface area contributed by atoms with Gasteiger partial charge in [-0.2, -0.15) is 0 Å². The van der Waals surface area contributed by atoms with Gasteiger partial charge < -0.3 is 9.64 Å². The molecule has 0 N–H and O–H groups in total. The summed E-state index contributed by atoms with van der Waals surface area (Å²) in [5.41, 5.74) is 8.22. The van der Waals surface area contributed by atoms with Crippen LogP contribution in [0.3, 0.4) is 0 Å². The minimum absolute atomic E-state index is 0.851. The van der Waals surface area contributed by atoms with Gasteiger partial charge in [-0.05, 0) is 73.5 Å². The summed E-state index contributed by atoms with van der Waals surface area (Å²) in [5, 5.41) is 0. The molecule has 4 rings (SSSR count). The van der Waals surface area contributed by atoms with Crippen LogP contribution in [0.4, 0.5) is 17.1 Å². The van der Waals surface area contributed by atoms with Gasteiger partial charge in [0.05, 0.1) is 7.11 Å². The highest BCUT2D eigenvalue weighted by atomic mass is 16.5. The Morgan fingerprint density at radius 3 is 1.32 bits per heavy atom. The highest BCUT2D eigenvalue weighted by Gasteiger charge is 2.12. The van der Waals surface area contributed by atoms with Gasteiger partial charge in [-0.15, -0.1) is 0 Å². The van der Waals surface area contributed by atoms with Crippen molar-refractivity contribution in [1.29, 1.82) is 0 Å². The molecule has 31 heavy (non-hydrogen) atoms. The number of anilines is 3. The fourth-order valence-electron chi connectivity index (χ4n) is 3.48. The van der Waals surface area contributed by atoms with Crippen molar-refractivity contribution in [2.24, 2.45) is 0 Å². The van der Waals surface area contributed by atoms with Gasteiger partial charge in [0.2, 0.25) is 0 Å². The molecule has 4 aromatic carbocycles. The third kappa shape index (κ3) is 5.04. The lowest BCUT2D eigenvalue weighted by Crippen LogP contribution is -2.09. The van der Waals surface area contributed by atoms with Crippen LogP contribution in [0.5, 0.6) is 5.75 Å². The summed E-state index contributed by atoms with van der Waals surface area (Å²) < 4.78 is 5.34. The van der Waals surface area contributed by atoms with E-state index in [2.05, 4.69) is 116 Å². The molecule has 0 aromatic heterocycles. The minimum Gasteiger partial charge on any atom is -0.497 e. The van der Waals surface area contributed by atoms with Crippen LogP contribution in [0, 0.1) is 13.8 Å². The SMILES string of the molecule is COc1ccc(N(c2ccc(C)cc2)c2ccc(C=Cc3ccc(C)cc3)cc2)cc1. The average Bonchev–Trinajstić information content (AvgIpc) is 2.81. The first-order chi connectivity index (χ1) is 15.1. The number of benzene rings is 4. The first kappa shape index (κ1) is 20.5. The fourth-order valence-corrected chi connectivity index (χ4v) is 3.48. The number of rotatable bonds is 6. The largest absolute Gasteiger partial charge is 0.497 e. The molecule has 0 aliphatic carbocycles. The van der Waals surface area contributed by atoms with Crippen molar-refractivity contribution in [2.45, 2.75) is 13.8 Å². The fraction of sp³-hybridized carbons (Fsp3) is 0.103. The predicted octanol–water partition coefficient (Wildman–Crippen LogP) is 7.95. The summed E-state index contributed by atoms with van der Waals surface area (Å²) in [6.45, 7) is 4.21. The second kappa shape index (κ2) is 9.36. The molecule has 0 spiro atoms. The van der Waals surface area contributed by atoms with E-state index in [0.29, 0.717) is 0 Å². The molecule has 0 unspecified atom stereocenters. The molecule has 0 saturated heterocycles. The first-order valence-corrected chi connectivity index (χ1v) is 10.5. The standard InChI is InChI=1S/C29H27NO/c1-22-4-8-24(9-5-22)10-11-25-12-16-27(17-13-25)30(26-14-6-23(2)7-15-26)28-18-20-29(31-3)21-19-28/h4-21H,1-3H3. The van der Waals surface area contributed by atoms with Gasteiger partial charge in [0.15, 0.2) is 0 Å². The van der Waals surface area contributed by atoms with E-state index in [9.17, 15) is 0 Å². The van der Waals surface area contributed by atoms with Gasteiger partial charge in [-0.1, -0.05) is 71.8 Å². The lowest BCUT2D eigenvalue weighted by molar-refractivity contribution is 0.415. The van der Waals surface area contributed by atoms with E-state index >= 15 is 0 Å². The van der Waals surface area contributed by atoms with Crippen LogP contribution in [0.25, 0.3) is 12.2 Å². The lowest BCUT2D eigenvalue weighted by atomic mass is 10.1. The molecular weight excluding hydrogens is 378 g/mol. The van der Waals surface area contributed by atoms with Crippen molar-refractivity contribution in [3.8, 4) is 5.75 Å². The highest BCUT2D eigenvalue weighted by molar-refractivity contribution is 5.78. The van der Waals surface area contributed by atoms with E-state index in [0.717, 1.165) is 22.8 Å². The van der Waals surface area contributed by atoms with E-state index in [1.54, 1.807) is 7.11 Å². The highest BCUT2D eigenvalue weighted by Crippen LogP contribution is 2.35. The number of hydrogen-bond donors (Lipinski definition) is 0. The molecule has 0 aliphatic rings. The van der Waals surface area contributed by atoms with Gasteiger partial charge in [0, 0.05) is 17.1 Å². The second-order valence-corrected chi connectivity index (χ2v) is 7.70. The molecule has 2 nitrogen and oxygen atoms in total. The normalized spacial score (nSPS) is 10.9. The van der Waals surface area contributed by atoms with E-state index in [-0.39, 0.29) is 0 Å². The van der Waals surface area contributed by atoms with Crippen LogP contribution in [0.1, 0.15) is 22.3 Å². The topological polar surface area (TPSA) is 12.5 Å². The molecule has 4 aromatic rings. The van der Waals surface area contributed by atoms with Crippen molar-refractivity contribution >= 4 is 29.2 Å². The quantitative estimate of drug-likeness (QED) is 0.302. The molecular formula is C29H27NO. The number of nitrogens with zero attached hydrogens (tertiary/aromatic N) is 1. The van der Waals surface area contributed by atoms with E-state index in [4.69, 9.17) is 4.74 Å². The zero-order valence-corrected chi connectivity index (χ0v) is 18.2. The molecule has 0 saturated carbocycles. The summed E-state index contributed by atoms with van der Waals surface area (Å²) in [4.78, 5) is 2.26. The molecule has 0 heterocycles. The molecule has 154 valence electrons. The molecule has 0 aliphatic heterocycles. The van der Waals surface area contributed by atoms with Gasteiger partial charge in [-0.3, -0.25) is 0 Å². The Kier molecular flexibility index (Phi) is 6.18. The zero-order chi connectivity index (χ0) is 21.6. The third-order valence-electron chi connectivity index (χ3n) is 5.32. The second-order valence-electron chi connectivity index (χ2n) is 7.70. The molecule has 2 heteroatoms. The maximum Gasteiger partial charge on any atom is 0.119 e. The first-order valence-electron chi connectivity index (χ1n) is 10.5. The summed E-state index contributed by atoms with van der Waals surface area (Å²) >= 11 is 0. The number of aryl methyl sites for hydroxylation is 2. The lowest BCUT2D eigenvalue weighted by Gasteiger charge is -2.26. The Hall–Kier alpha value is -3.78. The van der Waals surface area contributed by atoms with Crippen molar-refractivity contribution in [3.05, 3.63) is 119 Å². The molecule has 0 atom stereocenters. The smallest absolute Gasteiger partial charge is 0.119 e. The maximum atomic E-state index is 5.34. The Morgan fingerprint density at radius 1 is 0.516 bits per heavy atom. The van der Waals surface area contributed by atoms with E-state index in [1.165, 1.54) is 22.3 Å². The Balaban J connectivity index is 1.64. The maximum absolute atomic E-state index is 5.34. The number of ether oxygens (including phenoxy) is 1. The third-order valence-corrected chi connectivity index (χ3v) is 5.32. The molecule has 0 bridgehead atoms. The van der Waals surface area contributed by atoms with Gasteiger partial charge in [0.1, 0.15) is 5.75 Å². The van der Waals surface area contributed by atoms with Crippen LogP contribution < -0.4 is 9.64 Å². The average molecular weight is 406 g/mol. The zero-order valence-electron chi connectivity index (χ0n) is 18.2. The van der Waals surface area contributed by atoms with Gasteiger partial charge >= 0.3 is 0 Å². The van der Waals surface area contributed by atoms with E-state index < -0.39 is 0 Å². The molecule has 0 fully saturated rings. The summed E-state index contributed by atoms with van der Waals surface area (Å²) in [6.07, 6.45) is 4.30. The summed E-state index contributed by atoms with van der Waals surface area (Å²) in [6, 6.07) is 34.0. The van der Waals surface area contributed by atoms with Crippen molar-refractivity contribution in [1.82, 2.24) is 0 Å².